The summed E-state index contributed by atoms with van der Waals surface area (Å²) in [4.78, 5) is 13.9. The molecule has 0 saturated carbocycles. The number of hydrogen-bond donors (Lipinski definition) is 1. The van der Waals surface area contributed by atoms with E-state index in [1.165, 1.54) is 0 Å². The first-order valence-corrected chi connectivity index (χ1v) is 6.06. The fourth-order valence-electron chi connectivity index (χ4n) is 1.45. The van der Waals surface area contributed by atoms with Crippen molar-refractivity contribution in [1.82, 2.24) is 4.90 Å². The summed E-state index contributed by atoms with van der Waals surface area (Å²) in [6, 6.07) is -0.130. The monoisotopic (exact) mass is 246 g/mol. The highest BCUT2D eigenvalue weighted by Gasteiger charge is 2.22. The Kier molecular flexibility index (Phi) is 9.03. The van der Waals surface area contributed by atoms with E-state index in [2.05, 4.69) is 0 Å². The third-order valence-corrected chi connectivity index (χ3v) is 2.83. The van der Waals surface area contributed by atoms with Crippen LogP contribution in [0.4, 0.5) is 0 Å². The summed E-state index contributed by atoms with van der Waals surface area (Å²) in [6.07, 6.45) is 0.831. The van der Waals surface area contributed by atoms with Crippen molar-refractivity contribution in [1.29, 1.82) is 0 Å². The maximum Gasteiger partial charge on any atom is 0.227 e. The zero-order valence-electron chi connectivity index (χ0n) is 11.4. The zero-order valence-corrected chi connectivity index (χ0v) is 11.4. The molecule has 5 heteroatoms. The van der Waals surface area contributed by atoms with Gasteiger partial charge in [-0.05, 0) is 13.3 Å². The first-order chi connectivity index (χ1) is 8.04. The molecule has 0 aliphatic carbocycles. The topological polar surface area (TPSA) is 64.8 Å². The molecule has 0 fully saturated rings. The number of amides is 1. The summed E-state index contributed by atoms with van der Waals surface area (Å²) >= 11 is 0. The SMILES string of the molecule is COCCCN(CCOC)C(=O)C(C)C(C)N. The van der Waals surface area contributed by atoms with Gasteiger partial charge in [-0.15, -0.1) is 0 Å². The number of methoxy groups -OCH3 is 2. The van der Waals surface area contributed by atoms with E-state index < -0.39 is 0 Å². The smallest absolute Gasteiger partial charge is 0.227 e. The lowest BCUT2D eigenvalue weighted by Crippen LogP contribution is -2.43. The van der Waals surface area contributed by atoms with Crippen LogP contribution in [0.5, 0.6) is 0 Å². The summed E-state index contributed by atoms with van der Waals surface area (Å²) in [5, 5.41) is 0. The molecule has 2 atom stereocenters. The average molecular weight is 246 g/mol. The largest absolute Gasteiger partial charge is 0.385 e. The Balaban J connectivity index is 4.28. The second kappa shape index (κ2) is 9.39. The van der Waals surface area contributed by atoms with E-state index in [0.29, 0.717) is 26.3 Å². The van der Waals surface area contributed by atoms with Crippen LogP contribution in [0.15, 0.2) is 0 Å². The number of hydrogen-bond acceptors (Lipinski definition) is 4. The van der Waals surface area contributed by atoms with E-state index >= 15 is 0 Å². The first-order valence-electron chi connectivity index (χ1n) is 6.06. The van der Waals surface area contributed by atoms with Gasteiger partial charge in [-0.3, -0.25) is 4.79 Å². The van der Waals surface area contributed by atoms with Gasteiger partial charge in [-0.1, -0.05) is 6.92 Å². The van der Waals surface area contributed by atoms with E-state index in [9.17, 15) is 4.79 Å². The molecular formula is C12H26N2O3. The van der Waals surface area contributed by atoms with Gasteiger partial charge < -0.3 is 20.1 Å². The highest BCUT2D eigenvalue weighted by atomic mass is 16.5. The first kappa shape index (κ1) is 16.4. The molecule has 0 heterocycles. The average Bonchev–Trinajstić information content (AvgIpc) is 2.31. The molecular weight excluding hydrogens is 220 g/mol. The lowest BCUT2D eigenvalue weighted by molar-refractivity contribution is -0.136. The van der Waals surface area contributed by atoms with Crippen molar-refractivity contribution >= 4 is 5.91 Å². The summed E-state index contributed by atoms with van der Waals surface area (Å²) in [7, 11) is 3.29. The van der Waals surface area contributed by atoms with Crippen LogP contribution in [-0.4, -0.2) is 57.4 Å². The molecule has 1 amide bonds. The molecule has 0 bridgehead atoms. The summed E-state index contributed by atoms with van der Waals surface area (Å²) in [5.41, 5.74) is 5.75. The minimum Gasteiger partial charge on any atom is -0.385 e. The van der Waals surface area contributed by atoms with Crippen molar-refractivity contribution in [2.24, 2.45) is 11.7 Å². The van der Waals surface area contributed by atoms with E-state index in [4.69, 9.17) is 15.2 Å². The number of carbonyl (C=O) groups excluding carboxylic acids is 1. The standard InChI is InChI=1S/C12H26N2O3/c1-10(11(2)13)12(15)14(7-9-17-4)6-5-8-16-3/h10-11H,5-9,13H2,1-4H3. The van der Waals surface area contributed by atoms with Crippen LogP contribution in [-0.2, 0) is 14.3 Å². The molecule has 0 saturated heterocycles. The maximum atomic E-state index is 12.1. The van der Waals surface area contributed by atoms with Gasteiger partial charge in [-0.25, -0.2) is 0 Å². The molecule has 0 aromatic rings. The lowest BCUT2D eigenvalue weighted by Gasteiger charge is -2.27. The van der Waals surface area contributed by atoms with Gasteiger partial charge in [0.1, 0.15) is 0 Å². The Labute approximate surface area is 104 Å². The van der Waals surface area contributed by atoms with Crippen molar-refractivity contribution in [3.05, 3.63) is 0 Å². The van der Waals surface area contributed by atoms with Crippen molar-refractivity contribution in [3.8, 4) is 0 Å². The molecule has 0 aromatic heterocycles. The molecule has 0 radical (unpaired) electrons. The van der Waals surface area contributed by atoms with Crippen LogP contribution >= 0.6 is 0 Å². The molecule has 0 aliphatic heterocycles. The minimum absolute atomic E-state index is 0.0909. The Morgan fingerprint density at radius 2 is 1.76 bits per heavy atom. The second-order valence-electron chi connectivity index (χ2n) is 4.31. The third kappa shape index (κ3) is 6.61. The third-order valence-electron chi connectivity index (χ3n) is 2.83. The summed E-state index contributed by atoms with van der Waals surface area (Å²) < 4.78 is 10.0. The van der Waals surface area contributed by atoms with Gasteiger partial charge in [0.2, 0.25) is 5.91 Å². The highest BCUT2D eigenvalue weighted by Crippen LogP contribution is 2.07. The van der Waals surface area contributed by atoms with Gasteiger partial charge in [-0.2, -0.15) is 0 Å². The normalized spacial score (nSPS) is 14.4. The van der Waals surface area contributed by atoms with Gasteiger partial charge in [0.05, 0.1) is 12.5 Å². The van der Waals surface area contributed by atoms with E-state index in [0.717, 1.165) is 6.42 Å². The number of nitrogens with zero attached hydrogens (tertiary/aromatic N) is 1. The highest BCUT2D eigenvalue weighted by molar-refractivity contribution is 5.79. The predicted octanol–water partition coefficient (Wildman–Crippen LogP) is 0.481. The number of carbonyl (C=O) groups is 1. The van der Waals surface area contributed by atoms with Gasteiger partial charge in [0.25, 0.3) is 0 Å². The number of nitrogens with two attached hydrogens (primary N) is 1. The molecule has 2 unspecified atom stereocenters. The fraction of sp³-hybridized carbons (Fsp3) is 0.917. The molecule has 17 heavy (non-hydrogen) atoms. The number of rotatable bonds is 9. The second-order valence-corrected chi connectivity index (χ2v) is 4.31. The molecule has 0 spiro atoms. The molecule has 0 aliphatic rings. The van der Waals surface area contributed by atoms with Gasteiger partial charge >= 0.3 is 0 Å². The van der Waals surface area contributed by atoms with E-state index in [1.54, 1.807) is 19.1 Å². The molecule has 0 aromatic carbocycles. The van der Waals surface area contributed by atoms with Crippen molar-refractivity contribution in [3.63, 3.8) is 0 Å². The quantitative estimate of drug-likeness (QED) is 0.601. The summed E-state index contributed by atoms with van der Waals surface area (Å²) in [6.45, 7) is 6.21. The van der Waals surface area contributed by atoms with Crippen LogP contribution in [0.3, 0.4) is 0 Å². The Hall–Kier alpha value is -0.650. The molecule has 0 rings (SSSR count). The Morgan fingerprint density at radius 1 is 1.18 bits per heavy atom. The zero-order chi connectivity index (χ0) is 13.3. The number of ether oxygens (including phenoxy) is 2. The van der Waals surface area contributed by atoms with E-state index in [1.807, 2.05) is 13.8 Å². The van der Waals surface area contributed by atoms with E-state index in [-0.39, 0.29) is 17.9 Å². The van der Waals surface area contributed by atoms with Crippen molar-refractivity contribution < 1.29 is 14.3 Å². The Bertz CT molecular complexity index is 210. The van der Waals surface area contributed by atoms with Crippen molar-refractivity contribution in [2.75, 3.05) is 40.5 Å². The maximum absolute atomic E-state index is 12.1. The molecule has 2 N–H and O–H groups in total. The van der Waals surface area contributed by atoms with Gasteiger partial charge in [0, 0.05) is 40.0 Å². The van der Waals surface area contributed by atoms with Crippen LogP contribution < -0.4 is 5.73 Å². The van der Waals surface area contributed by atoms with Gasteiger partial charge in [0.15, 0.2) is 0 Å². The fourth-order valence-corrected chi connectivity index (χ4v) is 1.45. The Morgan fingerprint density at radius 3 is 2.24 bits per heavy atom. The predicted molar refractivity (Wildman–Crippen MR) is 67.8 cm³/mol. The molecule has 102 valence electrons. The van der Waals surface area contributed by atoms with Crippen LogP contribution in [0.25, 0.3) is 0 Å². The van der Waals surface area contributed by atoms with Crippen LogP contribution in [0.2, 0.25) is 0 Å². The minimum atomic E-state index is -0.158. The lowest BCUT2D eigenvalue weighted by atomic mass is 10.0. The van der Waals surface area contributed by atoms with Crippen LogP contribution in [0.1, 0.15) is 20.3 Å². The van der Waals surface area contributed by atoms with Crippen molar-refractivity contribution in [2.45, 2.75) is 26.3 Å². The van der Waals surface area contributed by atoms with Crippen LogP contribution in [0, 0.1) is 5.92 Å². The molecule has 5 nitrogen and oxygen atoms in total. The summed E-state index contributed by atoms with van der Waals surface area (Å²) in [5.74, 6) is -0.0671.